The molecule has 2 N–H and O–H groups in total. The third kappa shape index (κ3) is 2.47. The molecule has 0 spiro atoms. The molecule has 0 radical (unpaired) electrons. The van der Waals surface area contributed by atoms with Gasteiger partial charge >= 0.3 is 0 Å². The van der Waals surface area contributed by atoms with E-state index in [1.807, 2.05) is 18.2 Å². The van der Waals surface area contributed by atoms with Gasteiger partial charge in [0.2, 0.25) is 5.91 Å². The van der Waals surface area contributed by atoms with Crippen molar-refractivity contribution in [1.29, 1.82) is 0 Å². The fourth-order valence-corrected chi connectivity index (χ4v) is 3.66. The third-order valence-corrected chi connectivity index (χ3v) is 4.98. The normalized spacial score (nSPS) is 27.9. The average Bonchev–Trinajstić information content (AvgIpc) is 2.94. The zero-order valence-corrected chi connectivity index (χ0v) is 11.8. The van der Waals surface area contributed by atoms with E-state index in [1.165, 1.54) is 0 Å². The maximum atomic E-state index is 12.7. The van der Waals surface area contributed by atoms with Gasteiger partial charge in [0, 0.05) is 6.54 Å². The van der Waals surface area contributed by atoms with Crippen molar-refractivity contribution in [3.63, 3.8) is 0 Å². The molecule has 2 aliphatic rings. The van der Waals surface area contributed by atoms with E-state index in [-0.39, 0.29) is 17.4 Å². The fraction of sp³-hybridized carbons (Fsp3) is 0.588. The van der Waals surface area contributed by atoms with E-state index < -0.39 is 0 Å². The molecule has 0 bridgehead atoms. The highest BCUT2D eigenvalue weighted by atomic mass is 16.3. The zero-order chi connectivity index (χ0) is 14.0. The summed E-state index contributed by atoms with van der Waals surface area (Å²) in [5.41, 5.74) is 0.840. The molecule has 20 heavy (non-hydrogen) atoms. The minimum absolute atomic E-state index is 0.147. The average molecular weight is 273 g/mol. The van der Waals surface area contributed by atoms with E-state index in [4.69, 9.17) is 0 Å². The standard InChI is InChI=1S/C17H23NO2/c19-15-10-13(11-15)12-18-16(20)17(8-4-5-9-17)14-6-2-1-3-7-14/h1-3,6-7,13,15,19H,4-5,8-12H2,(H,18,20). The molecule has 1 aromatic rings. The number of carbonyl (C=O) groups is 1. The van der Waals surface area contributed by atoms with Gasteiger partial charge < -0.3 is 10.4 Å². The van der Waals surface area contributed by atoms with Crippen LogP contribution in [0, 0.1) is 5.92 Å². The van der Waals surface area contributed by atoms with Gasteiger partial charge in [0.15, 0.2) is 0 Å². The van der Waals surface area contributed by atoms with Crippen molar-refractivity contribution in [2.45, 2.75) is 50.0 Å². The van der Waals surface area contributed by atoms with Gasteiger partial charge in [0.25, 0.3) is 0 Å². The van der Waals surface area contributed by atoms with Crippen LogP contribution < -0.4 is 5.32 Å². The molecule has 3 nitrogen and oxygen atoms in total. The van der Waals surface area contributed by atoms with Crippen molar-refractivity contribution >= 4 is 5.91 Å². The van der Waals surface area contributed by atoms with Crippen LogP contribution in [0.3, 0.4) is 0 Å². The summed E-state index contributed by atoms with van der Waals surface area (Å²) in [5.74, 6) is 0.644. The van der Waals surface area contributed by atoms with Crippen molar-refractivity contribution in [1.82, 2.24) is 5.32 Å². The lowest BCUT2D eigenvalue weighted by Crippen LogP contribution is -2.46. The van der Waals surface area contributed by atoms with E-state index in [9.17, 15) is 9.90 Å². The molecule has 108 valence electrons. The Kier molecular flexibility index (Phi) is 3.79. The molecule has 0 saturated heterocycles. The van der Waals surface area contributed by atoms with E-state index >= 15 is 0 Å². The molecule has 1 amide bonds. The number of amides is 1. The Morgan fingerprint density at radius 1 is 1.20 bits per heavy atom. The molecular formula is C17H23NO2. The summed E-state index contributed by atoms with van der Waals surface area (Å²) in [7, 11) is 0. The monoisotopic (exact) mass is 273 g/mol. The number of hydrogen-bond acceptors (Lipinski definition) is 2. The van der Waals surface area contributed by atoms with Crippen LogP contribution in [0.25, 0.3) is 0 Å². The van der Waals surface area contributed by atoms with Gasteiger partial charge in [-0.2, -0.15) is 0 Å². The van der Waals surface area contributed by atoms with Crippen molar-refractivity contribution in [2.24, 2.45) is 5.92 Å². The minimum atomic E-state index is -0.316. The van der Waals surface area contributed by atoms with E-state index in [0.717, 1.165) is 44.1 Å². The number of rotatable bonds is 4. The predicted molar refractivity (Wildman–Crippen MR) is 78.3 cm³/mol. The molecule has 0 atom stereocenters. The van der Waals surface area contributed by atoms with E-state index in [0.29, 0.717) is 12.5 Å². The van der Waals surface area contributed by atoms with Crippen LogP contribution in [-0.4, -0.2) is 23.7 Å². The van der Waals surface area contributed by atoms with Crippen molar-refractivity contribution in [2.75, 3.05) is 6.54 Å². The van der Waals surface area contributed by atoms with Gasteiger partial charge in [-0.05, 0) is 37.2 Å². The van der Waals surface area contributed by atoms with Crippen molar-refractivity contribution < 1.29 is 9.90 Å². The first kappa shape index (κ1) is 13.6. The fourth-order valence-electron chi connectivity index (χ4n) is 3.66. The van der Waals surface area contributed by atoms with Crippen LogP contribution in [0.15, 0.2) is 30.3 Å². The van der Waals surface area contributed by atoms with Gasteiger partial charge in [0.05, 0.1) is 11.5 Å². The quantitative estimate of drug-likeness (QED) is 0.885. The van der Waals surface area contributed by atoms with E-state index in [2.05, 4.69) is 17.4 Å². The molecule has 3 heteroatoms. The highest BCUT2D eigenvalue weighted by Crippen LogP contribution is 2.41. The number of hydrogen-bond donors (Lipinski definition) is 2. The Morgan fingerprint density at radius 3 is 2.45 bits per heavy atom. The van der Waals surface area contributed by atoms with Crippen LogP contribution in [0.2, 0.25) is 0 Å². The van der Waals surface area contributed by atoms with Gasteiger partial charge in [-0.3, -0.25) is 4.79 Å². The highest BCUT2D eigenvalue weighted by Gasteiger charge is 2.42. The summed E-state index contributed by atoms with van der Waals surface area (Å²) in [6.45, 7) is 0.713. The Bertz CT molecular complexity index is 459. The second-order valence-corrected chi connectivity index (χ2v) is 6.36. The summed E-state index contributed by atoms with van der Waals surface area (Å²) in [6.07, 6.45) is 5.68. The summed E-state index contributed by atoms with van der Waals surface area (Å²) >= 11 is 0. The van der Waals surface area contributed by atoms with Gasteiger partial charge in [-0.1, -0.05) is 43.2 Å². The predicted octanol–water partition coefficient (Wildman–Crippen LogP) is 2.39. The van der Waals surface area contributed by atoms with Crippen molar-refractivity contribution in [3.8, 4) is 0 Å². The number of carbonyl (C=O) groups excluding carboxylic acids is 1. The topological polar surface area (TPSA) is 49.3 Å². The highest BCUT2D eigenvalue weighted by molar-refractivity contribution is 5.88. The molecule has 0 aliphatic heterocycles. The Morgan fingerprint density at radius 2 is 1.85 bits per heavy atom. The Hall–Kier alpha value is -1.35. The Balaban J connectivity index is 1.69. The molecule has 0 aromatic heterocycles. The number of aliphatic hydroxyl groups is 1. The zero-order valence-electron chi connectivity index (χ0n) is 11.8. The summed E-state index contributed by atoms with van der Waals surface area (Å²) in [4.78, 5) is 12.7. The SMILES string of the molecule is O=C(NCC1CC(O)C1)C1(c2ccccc2)CCCC1. The lowest BCUT2D eigenvalue weighted by Gasteiger charge is -2.34. The third-order valence-electron chi connectivity index (χ3n) is 4.98. The maximum absolute atomic E-state index is 12.7. The number of aliphatic hydroxyl groups excluding tert-OH is 1. The van der Waals surface area contributed by atoms with E-state index in [1.54, 1.807) is 0 Å². The molecule has 0 unspecified atom stereocenters. The van der Waals surface area contributed by atoms with Crippen LogP contribution in [-0.2, 0) is 10.2 Å². The number of benzene rings is 1. The maximum Gasteiger partial charge on any atom is 0.230 e. The molecular weight excluding hydrogens is 250 g/mol. The molecule has 1 aromatic carbocycles. The minimum Gasteiger partial charge on any atom is -0.393 e. The first-order valence-electron chi connectivity index (χ1n) is 7.72. The Labute approximate surface area is 120 Å². The van der Waals surface area contributed by atoms with Crippen molar-refractivity contribution in [3.05, 3.63) is 35.9 Å². The summed E-state index contributed by atoms with van der Waals surface area (Å²) in [6, 6.07) is 10.2. The first-order valence-corrected chi connectivity index (χ1v) is 7.72. The molecule has 2 aliphatic carbocycles. The lowest BCUT2D eigenvalue weighted by atomic mass is 9.77. The second-order valence-electron chi connectivity index (χ2n) is 6.36. The molecule has 0 heterocycles. The van der Waals surface area contributed by atoms with Crippen LogP contribution in [0.4, 0.5) is 0 Å². The molecule has 2 saturated carbocycles. The van der Waals surface area contributed by atoms with Gasteiger partial charge in [-0.25, -0.2) is 0 Å². The first-order chi connectivity index (χ1) is 9.71. The van der Waals surface area contributed by atoms with Gasteiger partial charge in [-0.15, -0.1) is 0 Å². The smallest absolute Gasteiger partial charge is 0.230 e. The van der Waals surface area contributed by atoms with Gasteiger partial charge in [0.1, 0.15) is 0 Å². The number of nitrogens with one attached hydrogen (secondary N) is 1. The van der Waals surface area contributed by atoms with Crippen LogP contribution >= 0.6 is 0 Å². The van der Waals surface area contributed by atoms with Crippen LogP contribution in [0.1, 0.15) is 44.1 Å². The molecule has 2 fully saturated rings. The van der Waals surface area contributed by atoms with Crippen LogP contribution in [0.5, 0.6) is 0 Å². The molecule has 3 rings (SSSR count). The summed E-state index contributed by atoms with van der Waals surface area (Å²) in [5, 5.41) is 12.4. The second kappa shape index (κ2) is 5.57. The summed E-state index contributed by atoms with van der Waals surface area (Å²) < 4.78 is 0. The largest absolute Gasteiger partial charge is 0.393 e. The lowest BCUT2D eigenvalue weighted by molar-refractivity contribution is -0.127.